The Labute approximate surface area is 121 Å². The van der Waals surface area contributed by atoms with Crippen LogP contribution in [0.15, 0.2) is 24.3 Å². The van der Waals surface area contributed by atoms with Crippen molar-refractivity contribution in [3.8, 4) is 0 Å². The molecule has 0 atom stereocenters. The van der Waals surface area contributed by atoms with Crippen molar-refractivity contribution in [2.45, 2.75) is 6.54 Å². The highest BCUT2D eigenvalue weighted by Crippen LogP contribution is 2.50. The monoisotopic (exact) mass is 341 g/mol. The molecule has 1 aromatic rings. The summed E-state index contributed by atoms with van der Waals surface area (Å²) in [6.07, 6.45) is -1.31. The first kappa shape index (κ1) is 18.3. The molecular weight excluding hydrogens is 324 g/mol. The molecule has 9 nitrogen and oxygen atoms in total. The number of nitrogens with zero attached hydrogens (tertiary/aromatic N) is 1. The lowest BCUT2D eigenvalue weighted by atomic mass is 10.1. The summed E-state index contributed by atoms with van der Waals surface area (Å²) in [7, 11) is -8.41. The number of benzene rings is 1. The van der Waals surface area contributed by atoms with E-state index in [0.29, 0.717) is 5.56 Å². The molecule has 0 heterocycles. The topological polar surface area (TPSA) is 162 Å². The minimum Gasteiger partial charge on any atom is -0.478 e. The number of hydrogen-bond donors (Lipinski definition) is 7. The molecule has 0 aliphatic heterocycles. The molecule has 1 aromatic carbocycles. The van der Waals surface area contributed by atoms with Crippen molar-refractivity contribution in [1.29, 1.82) is 0 Å². The zero-order valence-corrected chi connectivity index (χ0v) is 12.6. The Balaban J connectivity index is 2.82. The van der Waals surface area contributed by atoms with Crippen LogP contribution in [0.5, 0.6) is 0 Å². The van der Waals surface area contributed by atoms with Crippen molar-refractivity contribution in [2.75, 3.05) is 12.6 Å². The van der Waals surface area contributed by atoms with E-state index in [0.717, 1.165) is 4.90 Å². The maximum Gasteiger partial charge on any atom is 0.419 e. The van der Waals surface area contributed by atoms with E-state index >= 15 is 0 Å². The van der Waals surface area contributed by atoms with Crippen molar-refractivity contribution in [3.05, 3.63) is 35.4 Å². The summed E-state index contributed by atoms with van der Waals surface area (Å²) >= 11 is 0. The van der Waals surface area contributed by atoms with E-state index in [9.17, 15) is 4.79 Å². The third kappa shape index (κ3) is 7.73. The minimum atomic E-state index is -4.20. The molecule has 0 bridgehead atoms. The van der Waals surface area contributed by atoms with Gasteiger partial charge in [0.15, 0.2) is 12.6 Å². The van der Waals surface area contributed by atoms with E-state index in [1.807, 2.05) is 0 Å². The molecule has 0 spiro atoms. The first-order valence-corrected chi connectivity index (χ1v) is 9.30. The summed E-state index contributed by atoms with van der Waals surface area (Å²) < 4.78 is 0. The molecule has 0 unspecified atom stereocenters. The van der Waals surface area contributed by atoms with Crippen LogP contribution >= 0.6 is 15.9 Å². The minimum absolute atomic E-state index is 0.0489. The molecule has 7 N–H and O–H groups in total. The van der Waals surface area contributed by atoms with Gasteiger partial charge in [0, 0.05) is 6.54 Å². The van der Waals surface area contributed by atoms with Crippen LogP contribution in [0.3, 0.4) is 0 Å². The summed E-state index contributed by atoms with van der Waals surface area (Å²) in [5.74, 6) is -1.10. The average molecular weight is 341 g/mol. The number of hydrogen-bond acceptors (Lipinski definition) is 8. The van der Waals surface area contributed by atoms with Gasteiger partial charge in [0.05, 0.1) is 5.56 Å². The lowest BCUT2D eigenvalue weighted by Gasteiger charge is -2.20. The number of carbonyl (C=O) groups is 1. The Morgan fingerprint density at radius 2 is 1.33 bits per heavy atom. The van der Waals surface area contributed by atoms with Crippen LogP contribution in [0.2, 0.25) is 0 Å². The summed E-state index contributed by atoms with van der Waals surface area (Å²) in [6, 6.07) is 5.56. The smallest absolute Gasteiger partial charge is 0.419 e. The molecule has 21 heavy (non-hydrogen) atoms. The summed E-state index contributed by atoms with van der Waals surface area (Å²) in [4.78, 5) is 66.1. The van der Waals surface area contributed by atoms with Crippen LogP contribution < -0.4 is 0 Å². The molecule has 0 aliphatic carbocycles. The molecular formula is C10H17NO8P2+2. The van der Waals surface area contributed by atoms with Gasteiger partial charge in [-0.15, -0.1) is 0 Å². The fourth-order valence-corrected chi connectivity index (χ4v) is 3.32. The Morgan fingerprint density at radius 1 is 0.905 bits per heavy atom. The fraction of sp³-hybridized carbons (Fsp3) is 0.300. The highest BCUT2D eigenvalue weighted by molar-refractivity contribution is 7.59. The molecule has 0 amide bonds. The van der Waals surface area contributed by atoms with Gasteiger partial charge in [0.1, 0.15) is 0 Å². The van der Waals surface area contributed by atoms with E-state index in [-0.39, 0.29) is 12.1 Å². The van der Waals surface area contributed by atoms with Crippen molar-refractivity contribution < 1.29 is 39.3 Å². The first-order valence-electron chi connectivity index (χ1n) is 5.63. The SMILES string of the molecule is O=C(O)c1ccc(CN(C[P+](O)(O)O)C[P+](O)(O)O)cc1. The number of carboxylic acid groups (broad SMARTS) is 1. The van der Waals surface area contributed by atoms with Crippen LogP contribution in [-0.2, 0) is 6.54 Å². The average Bonchev–Trinajstić information content (AvgIpc) is 2.24. The quantitative estimate of drug-likeness (QED) is 0.327. The van der Waals surface area contributed by atoms with E-state index in [2.05, 4.69) is 0 Å². The van der Waals surface area contributed by atoms with Crippen molar-refractivity contribution in [3.63, 3.8) is 0 Å². The Hall–Kier alpha value is -0.730. The van der Waals surface area contributed by atoms with Crippen molar-refractivity contribution in [2.24, 2.45) is 0 Å². The highest BCUT2D eigenvalue weighted by atomic mass is 31.2. The Morgan fingerprint density at radius 3 is 1.67 bits per heavy atom. The Kier molecular flexibility index (Phi) is 6.12. The van der Waals surface area contributed by atoms with Crippen LogP contribution in [0.4, 0.5) is 0 Å². The van der Waals surface area contributed by atoms with Gasteiger partial charge >= 0.3 is 21.9 Å². The standard InChI is InChI=1S/C10H16NO8P2/c12-10(13)9-3-1-8(2-4-9)5-11(6-20(14,15)16)7-21(17,18)19/h1-4,14-19H,5-7H2/q+1/p+1. The normalized spacial score (nSPS) is 12.7. The van der Waals surface area contributed by atoms with E-state index in [4.69, 9.17) is 34.5 Å². The van der Waals surface area contributed by atoms with E-state index in [1.165, 1.54) is 24.3 Å². The van der Waals surface area contributed by atoms with Crippen molar-refractivity contribution >= 4 is 21.9 Å². The van der Waals surface area contributed by atoms with Crippen LogP contribution in [-0.4, -0.2) is 57.9 Å². The number of carboxylic acids is 1. The van der Waals surface area contributed by atoms with E-state index in [1.54, 1.807) is 0 Å². The molecule has 118 valence electrons. The maximum atomic E-state index is 10.7. The van der Waals surface area contributed by atoms with Gasteiger partial charge in [-0.2, -0.15) is 29.4 Å². The number of rotatable bonds is 7. The van der Waals surface area contributed by atoms with Crippen LogP contribution in [0.25, 0.3) is 0 Å². The zero-order valence-electron chi connectivity index (χ0n) is 10.8. The first-order chi connectivity index (χ1) is 9.46. The second-order valence-electron chi connectivity index (χ2n) is 4.50. The molecule has 0 radical (unpaired) electrons. The number of aromatic carboxylic acids is 1. The lowest BCUT2D eigenvalue weighted by molar-refractivity contribution is 0.0696. The van der Waals surface area contributed by atoms with Gasteiger partial charge in [-0.3, -0.25) is 0 Å². The van der Waals surface area contributed by atoms with Gasteiger partial charge in [0.2, 0.25) is 0 Å². The molecule has 0 saturated carbocycles. The Bertz CT molecular complexity index is 465. The van der Waals surface area contributed by atoms with Crippen LogP contribution in [0.1, 0.15) is 15.9 Å². The third-order valence-electron chi connectivity index (χ3n) is 2.39. The molecule has 0 fully saturated rings. The summed E-state index contributed by atoms with van der Waals surface area (Å²) in [5, 5.41) is 8.76. The second kappa shape index (κ2) is 7.02. The summed E-state index contributed by atoms with van der Waals surface area (Å²) in [5.41, 5.74) is 0.592. The second-order valence-corrected chi connectivity index (χ2v) is 7.84. The third-order valence-corrected chi connectivity index (χ3v) is 3.95. The lowest BCUT2D eigenvalue weighted by Crippen LogP contribution is -2.28. The van der Waals surface area contributed by atoms with Gasteiger partial charge in [0.25, 0.3) is 0 Å². The van der Waals surface area contributed by atoms with Gasteiger partial charge in [-0.05, 0) is 17.7 Å². The van der Waals surface area contributed by atoms with Crippen molar-refractivity contribution in [1.82, 2.24) is 4.90 Å². The molecule has 11 heteroatoms. The largest absolute Gasteiger partial charge is 0.478 e. The predicted molar refractivity (Wildman–Crippen MR) is 75.8 cm³/mol. The maximum absolute atomic E-state index is 10.7. The summed E-state index contributed by atoms with van der Waals surface area (Å²) in [6.45, 7) is -0.0489. The fourth-order valence-electron chi connectivity index (χ4n) is 1.69. The zero-order chi connectivity index (χ0) is 16.3. The molecule has 0 aliphatic rings. The highest BCUT2D eigenvalue weighted by Gasteiger charge is 2.40. The molecule has 1 rings (SSSR count). The van der Waals surface area contributed by atoms with E-state index < -0.39 is 34.4 Å². The molecule has 0 aromatic heterocycles. The van der Waals surface area contributed by atoms with Crippen LogP contribution in [0, 0.1) is 0 Å². The van der Waals surface area contributed by atoms with Gasteiger partial charge in [-0.25, -0.2) is 9.69 Å². The van der Waals surface area contributed by atoms with Gasteiger partial charge < -0.3 is 5.11 Å². The predicted octanol–water partition coefficient (Wildman–Crippen LogP) is -0.419. The van der Waals surface area contributed by atoms with Gasteiger partial charge in [-0.1, -0.05) is 12.1 Å². The molecule has 0 saturated heterocycles.